The van der Waals surface area contributed by atoms with E-state index < -0.39 is 11.2 Å². The molecule has 0 unspecified atom stereocenters. The summed E-state index contributed by atoms with van der Waals surface area (Å²) < 4.78 is 6.25. The normalized spacial score (nSPS) is 21.1. The van der Waals surface area contributed by atoms with Crippen LogP contribution in [0, 0.1) is 5.92 Å². The van der Waals surface area contributed by atoms with Gasteiger partial charge in [0, 0.05) is 67.8 Å². The number of anilines is 2. The van der Waals surface area contributed by atoms with Gasteiger partial charge >= 0.3 is 0 Å². The summed E-state index contributed by atoms with van der Waals surface area (Å²) in [6, 6.07) is 5.63. The first-order chi connectivity index (χ1) is 17.7. The van der Waals surface area contributed by atoms with Crippen molar-refractivity contribution in [2.45, 2.75) is 53.9 Å². The molecule has 0 amide bonds. The molecule has 3 N–H and O–H groups in total. The SMILES string of the molecule is CC(C)(O)C1CN(c2nccc(Sc3cnc(N4CCC5(CC4)Oc4ncccc4[C@H]5N)cn3)c2Cl)C1. The number of rotatable bonds is 5. The average Bonchev–Trinajstić information content (AvgIpc) is 3.12. The second-order valence-electron chi connectivity index (χ2n) is 10.5. The molecule has 3 aliphatic rings. The number of aliphatic hydroxyl groups is 1. The summed E-state index contributed by atoms with van der Waals surface area (Å²) in [5.41, 5.74) is 6.44. The molecular weight excluding hydrogens is 510 g/mol. The number of hydrogen-bond acceptors (Lipinski definition) is 10. The van der Waals surface area contributed by atoms with E-state index in [1.807, 2.05) is 38.2 Å². The van der Waals surface area contributed by atoms with Crippen molar-refractivity contribution in [3.8, 4) is 5.88 Å². The van der Waals surface area contributed by atoms with E-state index in [9.17, 15) is 5.11 Å². The standard InChI is InChI=1S/C26H30ClN7O2S/c1-25(2,35)16-14-34(15-16)23-21(27)18(5-9-29-23)37-20-13-31-19(12-32-20)33-10-6-26(7-11-33)22(28)17-4-3-8-30-24(17)36-26/h3-5,8-9,12-13,16,22,35H,6-7,10-11,14-15,28H2,1-2H3/t22-/m1/s1. The molecular formula is C26H30ClN7O2S. The zero-order valence-corrected chi connectivity index (χ0v) is 22.4. The molecule has 0 radical (unpaired) electrons. The molecule has 194 valence electrons. The lowest BCUT2D eigenvalue weighted by molar-refractivity contribution is 0.00437. The van der Waals surface area contributed by atoms with Gasteiger partial charge in [-0.15, -0.1) is 0 Å². The second kappa shape index (κ2) is 9.27. The van der Waals surface area contributed by atoms with Crippen molar-refractivity contribution in [3.05, 3.63) is 53.6 Å². The second-order valence-corrected chi connectivity index (χ2v) is 12.0. The van der Waals surface area contributed by atoms with Gasteiger partial charge in [-0.05, 0) is 26.0 Å². The quantitative estimate of drug-likeness (QED) is 0.497. The van der Waals surface area contributed by atoms with Crippen LogP contribution in [0.2, 0.25) is 5.02 Å². The maximum absolute atomic E-state index is 10.2. The molecule has 37 heavy (non-hydrogen) atoms. The zero-order valence-electron chi connectivity index (χ0n) is 20.8. The summed E-state index contributed by atoms with van der Waals surface area (Å²) in [5, 5.41) is 11.6. The molecule has 2 saturated heterocycles. The maximum atomic E-state index is 10.2. The summed E-state index contributed by atoms with van der Waals surface area (Å²) in [7, 11) is 0. The fourth-order valence-corrected chi connectivity index (χ4v) is 6.34. The van der Waals surface area contributed by atoms with Gasteiger partial charge in [-0.25, -0.2) is 19.9 Å². The fourth-order valence-electron chi connectivity index (χ4n) is 5.24. The van der Waals surface area contributed by atoms with Crippen molar-refractivity contribution in [1.29, 1.82) is 0 Å². The van der Waals surface area contributed by atoms with Gasteiger partial charge in [0.05, 0.1) is 29.1 Å². The highest BCUT2D eigenvalue weighted by molar-refractivity contribution is 7.99. The molecule has 11 heteroatoms. The topological polar surface area (TPSA) is 114 Å². The van der Waals surface area contributed by atoms with E-state index in [-0.39, 0.29) is 12.0 Å². The Morgan fingerprint density at radius 2 is 1.86 bits per heavy atom. The summed E-state index contributed by atoms with van der Waals surface area (Å²) in [5.74, 6) is 2.44. The molecule has 6 rings (SSSR count). The van der Waals surface area contributed by atoms with Gasteiger partial charge in [-0.2, -0.15) is 0 Å². The Balaban J connectivity index is 1.09. The first-order valence-electron chi connectivity index (χ1n) is 12.5. The molecule has 6 heterocycles. The molecule has 2 fully saturated rings. The van der Waals surface area contributed by atoms with Gasteiger partial charge in [-0.1, -0.05) is 29.4 Å². The molecule has 9 nitrogen and oxygen atoms in total. The smallest absolute Gasteiger partial charge is 0.218 e. The summed E-state index contributed by atoms with van der Waals surface area (Å²) in [6.45, 7) is 6.71. The van der Waals surface area contributed by atoms with Crippen molar-refractivity contribution in [2.75, 3.05) is 36.0 Å². The number of piperidine rings is 1. The van der Waals surface area contributed by atoms with Crippen LogP contribution in [-0.2, 0) is 0 Å². The average molecular weight is 540 g/mol. The van der Waals surface area contributed by atoms with Crippen LogP contribution in [0.5, 0.6) is 5.88 Å². The maximum Gasteiger partial charge on any atom is 0.218 e. The lowest BCUT2D eigenvalue weighted by Gasteiger charge is -2.46. The third kappa shape index (κ3) is 4.50. The first kappa shape index (κ1) is 24.7. The number of nitrogens with zero attached hydrogens (tertiary/aromatic N) is 6. The van der Waals surface area contributed by atoms with Gasteiger partial charge in [0.15, 0.2) is 0 Å². The van der Waals surface area contributed by atoms with Crippen molar-refractivity contribution >= 4 is 35.0 Å². The van der Waals surface area contributed by atoms with Crippen molar-refractivity contribution in [1.82, 2.24) is 19.9 Å². The number of hydrogen-bond donors (Lipinski definition) is 2. The van der Waals surface area contributed by atoms with Gasteiger partial charge in [0.25, 0.3) is 0 Å². The molecule has 0 saturated carbocycles. The highest BCUT2D eigenvalue weighted by atomic mass is 35.5. The molecule has 1 atom stereocenters. The minimum Gasteiger partial charge on any atom is -0.469 e. The Morgan fingerprint density at radius 3 is 2.54 bits per heavy atom. The van der Waals surface area contributed by atoms with E-state index in [1.54, 1.807) is 18.6 Å². The predicted molar refractivity (Wildman–Crippen MR) is 143 cm³/mol. The number of ether oxygens (including phenoxy) is 1. The molecule has 0 bridgehead atoms. The lowest BCUT2D eigenvalue weighted by atomic mass is 9.83. The summed E-state index contributed by atoms with van der Waals surface area (Å²) in [4.78, 5) is 23.4. The molecule has 1 spiro atoms. The number of pyridine rings is 2. The fraction of sp³-hybridized carbons (Fsp3) is 0.462. The largest absolute Gasteiger partial charge is 0.469 e. The number of nitrogens with two attached hydrogens (primary N) is 1. The Hall–Kier alpha value is -2.66. The van der Waals surface area contributed by atoms with Crippen LogP contribution < -0.4 is 20.3 Å². The van der Waals surface area contributed by atoms with Gasteiger partial charge < -0.3 is 25.4 Å². The monoisotopic (exact) mass is 539 g/mol. The van der Waals surface area contributed by atoms with Crippen LogP contribution in [0.4, 0.5) is 11.6 Å². The highest BCUT2D eigenvalue weighted by Crippen LogP contribution is 2.46. The molecule has 3 aromatic heterocycles. The molecule has 0 aliphatic carbocycles. The number of aromatic nitrogens is 4. The number of halogens is 1. The summed E-state index contributed by atoms with van der Waals surface area (Å²) in [6.07, 6.45) is 8.69. The summed E-state index contributed by atoms with van der Waals surface area (Å²) >= 11 is 8.18. The van der Waals surface area contributed by atoms with E-state index in [0.717, 1.165) is 66.1 Å². The van der Waals surface area contributed by atoms with Crippen LogP contribution in [0.25, 0.3) is 0 Å². The third-order valence-corrected chi connectivity index (χ3v) is 9.25. The van der Waals surface area contributed by atoms with E-state index in [0.29, 0.717) is 10.9 Å². The highest BCUT2D eigenvalue weighted by Gasteiger charge is 2.49. The lowest BCUT2D eigenvalue weighted by Crippen LogP contribution is -2.56. The van der Waals surface area contributed by atoms with Crippen molar-refractivity contribution in [3.63, 3.8) is 0 Å². The van der Waals surface area contributed by atoms with Gasteiger partial charge in [0.1, 0.15) is 22.3 Å². The molecule has 3 aliphatic heterocycles. The van der Waals surface area contributed by atoms with Crippen LogP contribution in [0.3, 0.4) is 0 Å². The van der Waals surface area contributed by atoms with Crippen LogP contribution in [0.15, 0.2) is 52.9 Å². The van der Waals surface area contributed by atoms with Crippen molar-refractivity contribution < 1.29 is 9.84 Å². The Bertz CT molecular complexity index is 1290. The first-order valence-corrected chi connectivity index (χ1v) is 13.7. The van der Waals surface area contributed by atoms with Crippen LogP contribution in [0.1, 0.15) is 38.3 Å². The van der Waals surface area contributed by atoms with E-state index in [2.05, 4.69) is 29.7 Å². The van der Waals surface area contributed by atoms with Crippen LogP contribution in [-0.4, -0.2) is 62.4 Å². The third-order valence-electron chi connectivity index (χ3n) is 7.78. The van der Waals surface area contributed by atoms with E-state index in [4.69, 9.17) is 22.1 Å². The zero-order chi connectivity index (χ0) is 25.8. The predicted octanol–water partition coefficient (Wildman–Crippen LogP) is 3.71. The molecule has 0 aromatic carbocycles. The van der Waals surface area contributed by atoms with Crippen LogP contribution >= 0.6 is 23.4 Å². The van der Waals surface area contributed by atoms with E-state index in [1.165, 1.54) is 11.8 Å². The Morgan fingerprint density at radius 1 is 1.08 bits per heavy atom. The van der Waals surface area contributed by atoms with Gasteiger partial charge in [0.2, 0.25) is 5.88 Å². The Labute approximate surface area is 225 Å². The number of fused-ring (bicyclic) bond motifs is 1. The van der Waals surface area contributed by atoms with Crippen molar-refractivity contribution in [2.24, 2.45) is 11.7 Å². The molecule has 3 aromatic rings. The minimum absolute atomic E-state index is 0.171. The minimum atomic E-state index is -0.708. The van der Waals surface area contributed by atoms with Gasteiger partial charge in [-0.3, -0.25) is 0 Å². The Kier molecular flexibility index (Phi) is 6.18. The van der Waals surface area contributed by atoms with E-state index >= 15 is 0 Å².